The summed E-state index contributed by atoms with van der Waals surface area (Å²) < 4.78 is 10.6. The van der Waals surface area contributed by atoms with Crippen LogP contribution < -0.4 is 0 Å². The van der Waals surface area contributed by atoms with Gasteiger partial charge in [-0.1, -0.05) is 0 Å². The van der Waals surface area contributed by atoms with E-state index in [1.54, 1.807) is 6.92 Å². The lowest BCUT2D eigenvalue weighted by Crippen LogP contribution is -2.41. The second kappa shape index (κ2) is 2.94. The second-order valence-electron chi connectivity index (χ2n) is 4.85. The van der Waals surface area contributed by atoms with E-state index >= 15 is 0 Å². The number of nitrogens with zero attached hydrogens (tertiary/aromatic N) is 1. The third-order valence-corrected chi connectivity index (χ3v) is 2.77. The molecule has 1 amide bonds. The van der Waals surface area contributed by atoms with Gasteiger partial charge in [-0.3, -0.25) is 4.79 Å². The molecule has 0 spiro atoms. The van der Waals surface area contributed by atoms with Crippen LogP contribution in [0.1, 0.15) is 20.8 Å². The Morgan fingerprint density at radius 1 is 1.21 bits per heavy atom. The van der Waals surface area contributed by atoms with Gasteiger partial charge in [-0.05, 0) is 13.8 Å². The molecule has 0 N–H and O–H groups in total. The Labute approximate surface area is 84.2 Å². The largest absolute Gasteiger partial charge is 0.368 e. The average Bonchev–Trinajstić information content (AvgIpc) is 2.94. The number of carbonyl (C=O) groups excluding carboxylic acids is 1. The Bertz CT molecular complexity index is 236. The Morgan fingerprint density at radius 2 is 1.57 bits per heavy atom. The number of ether oxygens (including phenoxy) is 2. The van der Waals surface area contributed by atoms with E-state index in [2.05, 4.69) is 0 Å². The fraction of sp³-hybridized carbons (Fsp3) is 0.900. The molecule has 0 aromatic carbocycles. The molecule has 4 nitrogen and oxygen atoms in total. The molecule has 0 aromatic heterocycles. The minimum Gasteiger partial charge on any atom is -0.368 e. The molecule has 80 valence electrons. The van der Waals surface area contributed by atoms with Crippen molar-refractivity contribution in [1.82, 2.24) is 4.90 Å². The van der Waals surface area contributed by atoms with E-state index in [0.717, 1.165) is 13.2 Å². The van der Waals surface area contributed by atoms with Crippen LogP contribution in [0.15, 0.2) is 0 Å². The summed E-state index contributed by atoms with van der Waals surface area (Å²) in [5.41, 5.74) is -0.201. The van der Waals surface area contributed by atoms with Gasteiger partial charge in [0.05, 0.1) is 26.3 Å². The summed E-state index contributed by atoms with van der Waals surface area (Å²) in [5, 5.41) is 0. The van der Waals surface area contributed by atoms with E-state index in [0.29, 0.717) is 13.1 Å². The number of carbonyl (C=O) groups is 1. The van der Waals surface area contributed by atoms with E-state index in [1.165, 1.54) is 0 Å². The van der Waals surface area contributed by atoms with E-state index < -0.39 is 0 Å². The molecule has 2 heterocycles. The van der Waals surface area contributed by atoms with Gasteiger partial charge in [0.1, 0.15) is 11.2 Å². The molecule has 0 bridgehead atoms. The van der Waals surface area contributed by atoms with Gasteiger partial charge in [0.15, 0.2) is 0 Å². The first-order chi connectivity index (χ1) is 6.43. The van der Waals surface area contributed by atoms with Crippen molar-refractivity contribution in [1.29, 1.82) is 0 Å². The molecule has 2 saturated heterocycles. The lowest BCUT2D eigenvalue weighted by Gasteiger charge is -2.24. The Morgan fingerprint density at radius 3 is 1.79 bits per heavy atom. The molecule has 4 heteroatoms. The summed E-state index contributed by atoms with van der Waals surface area (Å²) in [4.78, 5) is 13.2. The minimum atomic E-state index is -0.100. The number of hydrogen-bond acceptors (Lipinski definition) is 3. The van der Waals surface area contributed by atoms with Gasteiger partial charge in [-0.2, -0.15) is 0 Å². The van der Waals surface area contributed by atoms with Gasteiger partial charge in [0.2, 0.25) is 5.91 Å². The van der Waals surface area contributed by atoms with Crippen LogP contribution in [-0.2, 0) is 14.3 Å². The zero-order valence-corrected chi connectivity index (χ0v) is 9.00. The molecule has 2 fully saturated rings. The van der Waals surface area contributed by atoms with Gasteiger partial charge < -0.3 is 14.4 Å². The highest BCUT2D eigenvalue weighted by Gasteiger charge is 2.46. The van der Waals surface area contributed by atoms with E-state index in [4.69, 9.17) is 9.47 Å². The third kappa shape index (κ3) is 2.25. The highest BCUT2D eigenvalue weighted by Crippen LogP contribution is 2.31. The zero-order valence-electron chi connectivity index (χ0n) is 9.00. The monoisotopic (exact) mass is 199 g/mol. The number of hydrogen-bond donors (Lipinski definition) is 0. The number of epoxide rings is 2. The lowest BCUT2D eigenvalue weighted by atomic mass is 10.1. The van der Waals surface area contributed by atoms with Crippen molar-refractivity contribution in [3.05, 3.63) is 0 Å². The van der Waals surface area contributed by atoms with Gasteiger partial charge in [0, 0.05) is 6.92 Å². The predicted octanol–water partition coefficient (Wildman–Crippen LogP) is 0.413. The summed E-state index contributed by atoms with van der Waals surface area (Å²) in [6.07, 6.45) is 0. The van der Waals surface area contributed by atoms with E-state index in [1.807, 2.05) is 18.7 Å². The minimum absolute atomic E-state index is 0.0958. The van der Waals surface area contributed by atoms with Crippen molar-refractivity contribution in [2.45, 2.75) is 32.0 Å². The predicted molar refractivity (Wildman–Crippen MR) is 51.0 cm³/mol. The van der Waals surface area contributed by atoms with Crippen LogP contribution in [0, 0.1) is 0 Å². The van der Waals surface area contributed by atoms with Gasteiger partial charge >= 0.3 is 0 Å². The zero-order chi connectivity index (χ0) is 10.4. The highest BCUT2D eigenvalue weighted by atomic mass is 16.6. The first-order valence-corrected chi connectivity index (χ1v) is 4.96. The molecule has 2 atom stereocenters. The van der Waals surface area contributed by atoms with Crippen LogP contribution in [0.2, 0.25) is 0 Å². The van der Waals surface area contributed by atoms with Crippen molar-refractivity contribution in [2.75, 3.05) is 26.3 Å². The van der Waals surface area contributed by atoms with E-state index in [-0.39, 0.29) is 17.1 Å². The Balaban J connectivity index is 1.90. The first-order valence-electron chi connectivity index (χ1n) is 4.96. The smallest absolute Gasteiger partial charge is 0.219 e. The summed E-state index contributed by atoms with van der Waals surface area (Å²) in [6, 6.07) is 0. The standard InChI is InChI=1S/C10H17NO3/c1-8(12)11(4-9(2)6-13-9)5-10(3)7-14-10/h4-7H2,1-3H3. The highest BCUT2D eigenvalue weighted by molar-refractivity contribution is 5.73. The molecular formula is C10H17NO3. The van der Waals surface area contributed by atoms with Gasteiger partial charge in [-0.25, -0.2) is 0 Å². The third-order valence-electron chi connectivity index (χ3n) is 2.77. The van der Waals surface area contributed by atoms with Gasteiger partial charge in [-0.15, -0.1) is 0 Å². The lowest BCUT2D eigenvalue weighted by molar-refractivity contribution is -0.130. The van der Waals surface area contributed by atoms with Crippen molar-refractivity contribution < 1.29 is 14.3 Å². The molecule has 0 radical (unpaired) electrons. The molecule has 0 aliphatic carbocycles. The van der Waals surface area contributed by atoms with Crippen molar-refractivity contribution in [3.63, 3.8) is 0 Å². The van der Waals surface area contributed by atoms with Crippen LogP contribution in [0.5, 0.6) is 0 Å². The van der Waals surface area contributed by atoms with Crippen LogP contribution in [0.3, 0.4) is 0 Å². The molecular weight excluding hydrogens is 182 g/mol. The molecule has 0 saturated carbocycles. The van der Waals surface area contributed by atoms with Gasteiger partial charge in [0.25, 0.3) is 0 Å². The molecule has 2 aliphatic heterocycles. The Hall–Kier alpha value is -0.610. The maximum Gasteiger partial charge on any atom is 0.219 e. The summed E-state index contributed by atoms with van der Waals surface area (Å²) >= 11 is 0. The summed E-state index contributed by atoms with van der Waals surface area (Å²) in [5.74, 6) is 0.0958. The second-order valence-corrected chi connectivity index (χ2v) is 4.85. The summed E-state index contributed by atoms with van der Waals surface area (Å²) in [7, 11) is 0. The van der Waals surface area contributed by atoms with Crippen LogP contribution in [0.25, 0.3) is 0 Å². The van der Waals surface area contributed by atoms with Crippen molar-refractivity contribution in [2.24, 2.45) is 0 Å². The summed E-state index contributed by atoms with van der Waals surface area (Å²) in [6.45, 7) is 8.53. The Kier molecular flexibility index (Phi) is 2.08. The SMILES string of the molecule is CC(=O)N(CC1(C)CO1)CC1(C)CO1. The van der Waals surface area contributed by atoms with Crippen LogP contribution in [-0.4, -0.2) is 48.3 Å². The molecule has 2 unspecified atom stereocenters. The number of amides is 1. The van der Waals surface area contributed by atoms with Crippen LogP contribution >= 0.6 is 0 Å². The first kappa shape index (κ1) is 9.93. The average molecular weight is 199 g/mol. The molecule has 2 aliphatic rings. The maximum atomic E-state index is 11.4. The molecule has 14 heavy (non-hydrogen) atoms. The normalized spacial score (nSPS) is 39.4. The van der Waals surface area contributed by atoms with Crippen molar-refractivity contribution >= 4 is 5.91 Å². The maximum absolute atomic E-state index is 11.4. The molecule has 0 aromatic rings. The topological polar surface area (TPSA) is 45.4 Å². The fourth-order valence-electron chi connectivity index (χ4n) is 1.52. The molecule has 2 rings (SSSR count). The quantitative estimate of drug-likeness (QED) is 0.616. The van der Waals surface area contributed by atoms with Crippen LogP contribution in [0.4, 0.5) is 0 Å². The van der Waals surface area contributed by atoms with E-state index in [9.17, 15) is 4.79 Å². The van der Waals surface area contributed by atoms with Crippen molar-refractivity contribution in [3.8, 4) is 0 Å². The fourth-order valence-corrected chi connectivity index (χ4v) is 1.52. The number of rotatable bonds is 4.